The first kappa shape index (κ1) is 14.0. The standard InChI is InChI=1S/C13H17ClN4O/c1-10(11-2-4-12(14)5-3-11)15-8-13-9-18(6-7-19)17-16-13/h2-5,9-10,15,19H,6-8H2,1H3. The SMILES string of the molecule is CC(NCc1cn(CCO)nn1)c1ccc(Cl)cc1. The third kappa shape index (κ3) is 4.02. The first-order chi connectivity index (χ1) is 9.19. The summed E-state index contributed by atoms with van der Waals surface area (Å²) in [4.78, 5) is 0. The van der Waals surface area contributed by atoms with Crippen LogP contribution in [0.15, 0.2) is 30.5 Å². The molecule has 5 nitrogen and oxygen atoms in total. The first-order valence-electron chi connectivity index (χ1n) is 6.18. The summed E-state index contributed by atoms with van der Waals surface area (Å²) in [7, 11) is 0. The van der Waals surface area contributed by atoms with Crippen molar-refractivity contribution in [1.82, 2.24) is 20.3 Å². The normalized spacial score (nSPS) is 12.6. The number of nitrogens with zero attached hydrogens (tertiary/aromatic N) is 3. The molecule has 0 saturated heterocycles. The van der Waals surface area contributed by atoms with Gasteiger partial charge >= 0.3 is 0 Å². The molecule has 0 saturated carbocycles. The highest BCUT2D eigenvalue weighted by molar-refractivity contribution is 6.30. The number of nitrogens with one attached hydrogen (secondary N) is 1. The Labute approximate surface area is 117 Å². The Morgan fingerprint density at radius 3 is 2.79 bits per heavy atom. The number of benzene rings is 1. The molecule has 6 heteroatoms. The van der Waals surface area contributed by atoms with E-state index in [9.17, 15) is 0 Å². The zero-order valence-corrected chi connectivity index (χ0v) is 11.5. The summed E-state index contributed by atoms with van der Waals surface area (Å²) in [5.41, 5.74) is 2.03. The highest BCUT2D eigenvalue weighted by Crippen LogP contribution is 2.16. The van der Waals surface area contributed by atoms with Crippen molar-refractivity contribution in [3.8, 4) is 0 Å². The fourth-order valence-corrected chi connectivity index (χ4v) is 1.88. The van der Waals surface area contributed by atoms with Gasteiger partial charge in [0, 0.05) is 23.8 Å². The summed E-state index contributed by atoms with van der Waals surface area (Å²) >= 11 is 5.86. The molecule has 0 aliphatic heterocycles. The molecule has 1 aromatic heterocycles. The van der Waals surface area contributed by atoms with Crippen LogP contribution in [0.5, 0.6) is 0 Å². The molecule has 19 heavy (non-hydrogen) atoms. The smallest absolute Gasteiger partial charge is 0.0965 e. The monoisotopic (exact) mass is 280 g/mol. The average Bonchev–Trinajstić information content (AvgIpc) is 2.85. The summed E-state index contributed by atoms with van der Waals surface area (Å²) < 4.78 is 1.63. The second-order valence-corrected chi connectivity index (χ2v) is 4.79. The number of rotatable bonds is 6. The molecule has 0 radical (unpaired) electrons. The van der Waals surface area contributed by atoms with Crippen LogP contribution in [-0.2, 0) is 13.1 Å². The Morgan fingerprint density at radius 2 is 2.11 bits per heavy atom. The predicted octanol–water partition coefficient (Wildman–Crippen LogP) is 1.77. The number of hydrogen-bond acceptors (Lipinski definition) is 4. The third-order valence-electron chi connectivity index (χ3n) is 2.87. The van der Waals surface area contributed by atoms with Gasteiger partial charge in [-0.1, -0.05) is 28.9 Å². The molecule has 0 bridgehead atoms. The minimum absolute atomic E-state index is 0.0669. The van der Waals surface area contributed by atoms with E-state index in [1.807, 2.05) is 30.5 Å². The van der Waals surface area contributed by atoms with Crippen LogP contribution in [0, 0.1) is 0 Å². The lowest BCUT2D eigenvalue weighted by Crippen LogP contribution is -2.18. The van der Waals surface area contributed by atoms with Gasteiger partial charge in [0.1, 0.15) is 0 Å². The maximum atomic E-state index is 8.80. The molecule has 1 heterocycles. The number of aliphatic hydroxyl groups is 1. The highest BCUT2D eigenvalue weighted by Gasteiger charge is 2.06. The van der Waals surface area contributed by atoms with E-state index in [0.29, 0.717) is 13.1 Å². The van der Waals surface area contributed by atoms with E-state index in [2.05, 4.69) is 22.6 Å². The maximum Gasteiger partial charge on any atom is 0.0965 e. The Kier molecular flexibility index (Phi) is 4.90. The van der Waals surface area contributed by atoms with Gasteiger partial charge in [-0.25, -0.2) is 4.68 Å². The van der Waals surface area contributed by atoms with Crippen molar-refractivity contribution in [3.05, 3.63) is 46.7 Å². The molecule has 0 amide bonds. The summed E-state index contributed by atoms with van der Waals surface area (Å²) in [6.07, 6.45) is 1.83. The summed E-state index contributed by atoms with van der Waals surface area (Å²) in [5.74, 6) is 0. The van der Waals surface area contributed by atoms with Crippen molar-refractivity contribution in [3.63, 3.8) is 0 Å². The molecule has 0 aliphatic rings. The second-order valence-electron chi connectivity index (χ2n) is 4.35. The lowest BCUT2D eigenvalue weighted by atomic mass is 10.1. The van der Waals surface area contributed by atoms with Gasteiger partial charge in [0.05, 0.1) is 18.8 Å². The van der Waals surface area contributed by atoms with Crippen LogP contribution in [0.2, 0.25) is 5.02 Å². The Hall–Kier alpha value is -1.43. The molecule has 1 unspecified atom stereocenters. The molecular weight excluding hydrogens is 264 g/mol. The predicted molar refractivity (Wildman–Crippen MR) is 73.8 cm³/mol. The molecule has 0 fully saturated rings. The minimum Gasteiger partial charge on any atom is -0.394 e. The lowest BCUT2D eigenvalue weighted by molar-refractivity contribution is 0.268. The number of aromatic nitrogens is 3. The molecule has 1 aromatic carbocycles. The van der Waals surface area contributed by atoms with Gasteiger partial charge in [0.25, 0.3) is 0 Å². The molecule has 0 spiro atoms. The molecular formula is C13H17ClN4O. The van der Waals surface area contributed by atoms with Crippen molar-refractivity contribution < 1.29 is 5.11 Å². The van der Waals surface area contributed by atoms with Crippen LogP contribution in [0.1, 0.15) is 24.2 Å². The van der Waals surface area contributed by atoms with Crippen molar-refractivity contribution in [2.75, 3.05) is 6.61 Å². The lowest BCUT2D eigenvalue weighted by Gasteiger charge is -2.13. The van der Waals surface area contributed by atoms with Crippen molar-refractivity contribution in [2.45, 2.75) is 26.1 Å². The van der Waals surface area contributed by atoms with Crippen molar-refractivity contribution >= 4 is 11.6 Å². The van der Waals surface area contributed by atoms with E-state index in [1.165, 1.54) is 5.56 Å². The summed E-state index contributed by atoms with van der Waals surface area (Å²) in [6, 6.07) is 7.98. The number of halogens is 1. The Bertz CT molecular complexity index is 512. The van der Waals surface area contributed by atoms with Gasteiger partial charge in [-0.3, -0.25) is 0 Å². The summed E-state index contributed by atoms with van der Waals surface area (Å²) in [6.45, 7) is 3.26. The molecule has 0 aliphatic carbocycles. The van der Waals surface area contributed by atoms with Crippen molar-refractivity contribution in [1.29, 1.82) is 0 Å². The van der Waals surface area contributed by atoms with Gasteiger partial charge in [-0.15, -0.1) is 5.10 Å². The molecule has 102 valence electrons. The fourth-order valence-electron chi connectivity index (χ4n) is 1.76. The number of hydrogen-bond donors (Lipinski definition) is 2. The zero-order valence-electron chi connectivity index (χ0n) is 10.8. The second kappa shape index (κ2) is 6.65. The van der Waals surface area contributed by atoms with Crippen LogP contribution >= 0.6 is 11.6 Å². The van der Waals surface area contributed by atoms with E-state index >= 15 is 0 Å². The van der Waals surface area contributed by atoms with Gasteiger partial charge in [0.15, 0.2) is 0 Å². The van der Waals surface area contributed by atoms with Gasteiger partial charge in [-0.2, -0.15) is 0 Å². The van der Waals surface area contributed by atoms with Crippen LogP contribution < -0.4 is 5.32 Å². The van der Waals surface area contributed by atoms with Crippen LogP contribution in [0.25, 0.3) is 0 Å². The Balaban J connectivity index is 1.88. The van der Waals surface area contributed by atoms with E-state index in [4.69, 9.17) is 16.7 Å². The van der Waals surface area contributed by atoms with E-state index in [-0.39, 0.29) is 12.6 Å². The van der Waals surface area contributed by atoms with Gasteiger partial charge in [-0.05, 0) is 24.6 Å². The van der Waals surface area contributed by atoms with E-state index in [0.717, 1.165) is 10.7 Å². The van der Waals surface area contributed by atoms with Crippen molar-refractivity contribution in [2.24, 2.45) is 0 Å². The third-order valence-corrected chi connectivity index (χ3v) is 3.13. The first-order valence-corrected chi connectivity index (χ1v) is 6.55. The van der Waals surface area contributed by atoms with Crippen LogP contribution in [0.3, 0.4) is 0 Å². The fraction of sp³-hybridized carbons (Fsp3) is 0.385. The van der Waals surface area contributed by atoms with E-state index < -0.39 is 0 Å². The maximum absolute atomic E-state index is 8.80. The largest absolute Gasteiger partial charge is 0.394 e. The summed E-state index contributed by atoms with van der Waals surface area (Å²) in [5, 5.41) is 20.9. The van der Waals surface area contributed by atoms with Crippen LogP contribution in [0.4, 0.5) is 0 Å². The highest BCUT2D eigenvalue weighted by atomic mass is 35.5. The average molecular weight is 281 g/mol. The van der Waals surface area contributed by atoms with Crippen LogP contribution in [-0.4, -0.2) is 26.7 Å². The Morgan fingerprint density at radius 1 is 1.37 bits per heavy atom. The molecule has 2 rings (SSSR count). The molecule has 2 aromatic rings. The zero-order chi connectivity index (χ0) is 13.7. The van der Waals surface area contributed by atoms with Gasteiger partial charge in [0.2, 0.25) is 0 Å². The molecule has 2 N–H and O–H groups in total. The van der Waals surface area contributed by atoms with Gasteiger partial charge < -0.3 is 10.4 Å². The van der Waals surface area contributed by atoms with E-state index in [1.54, 1.807) is 4.68 Å². The molecule has 1 atom stereocenters. The quantitative estimate of drug-likeness (QED) is 0.847. The minimum atomic E-state index is 0.0669. The number of aliphatic hydroxyl groups excluding tert-OH is 1. The topological polar surface area (TPSA) is 63.0 Å².